The van der Waals surface area contributed by atoms with E-state index in [-0.39, 0.29) is 5.97 Å². The number of thioether (sulfide) groups is 1. The number of ether oxygens (including phenoxy) is 1. The number of methoxy groups -OCH3 is 1. The standard InChI is InChI=1S/C14H18O2S/c1-16-14(15)6-3-9-17-13-8-7-11-4-2-5-12(11)10-13/h7-8,10H,2-6,9H2,1H3. The lowest BCUT2D eigenvalue weighted by molar-refractivity contribution is -0.140. The van der Waals surface area contributed by atoms with Gasteiger partial charge in [-0.1, -0.05) is 6.07 Å². The van der Waals surface area contributed by atoms with Crippen LogP contribution < -0.4 is 0 Å². The minimum atomic E-state index is -0.112. The van der Waals surface area contributed by atoms with Crippen LogP contribution in [0, 0.1) is 0 Å². The lowest BCUT2D eigenvalue weighted by atomic mass is 10.1. The predicted molar refractivity (Wildman–Crippen MR) is 70.4 cm³/mol. The smallest absolute Gasteiger partial charge is 0.305 e. The van der Waals surface area contributed by atoms with E-state index >= 15 is 0 Å². The molecular formula is C14H18O2S. The maximum absolute atomic E-state index is 10.9. The molecule has 0 saturated heterocycles. The first kappa shape index (κ1) is 12.5. The van der Waals surface area contributed by atoms with Gasteiger partial charge >= 0.3 is 5.97 Å². The number of rotatable bonds is 5. The van der Waals surface area contributed by atoms with Crippen molar-refractivity contribution in [2.45, 2.75) is 37.0 Å². The number of aryl methyl sites for hydroxylation is 2. The van der Waals surface area contributed by atoms with Gasteiger partial charge in [0.2, 0.25) is 0 Å². The zero-order chi connectivity index (χ0) is 12.1. The highest BCUT2D eigenvalue weighted by atomic mass is 32.2. The molecule has 0 amide bonds. The molecule has 0 unspecified atom stereocenters. The van der Waals surface area contributed by atoms with Gasteiger partial charge in [-0.05, 0) is 54.7 Å². The van der Waals surface area contributed by atoms with Gasteiger partial charge in [0.05, 0.1) is 7.11 Å². The molecule has 3 heteroatoms. The lowest BCUT2D eigenvalue weighted by Gasteiger charge is -2.04. The van der Waals surface area contributed by atoms with Crippen molar-refractivity contribution >= 4 is 17.7 Å². The molecule has 0 aromatic heterocycles. The molecule has 0 radical (unpaired) electrons. The molecular weight excluding hydrogens is 232 g/mol. The Morgan fingerprint density at radius 2 is 2.18 bits per heavy atom. The minimum Gasteiger partial charge on any atom is -0.469 e. The number of hydrogen-bond acceptors (Lipinski definition) is 3. The molecule has 17 heavy (non-hydrogen) atoms. The first-order valence-electron chi connectivity index (χ1n) is 6.11. The van der Waals surface area contributed by atoms with Crippen molar-refractivity contribution in [1.29, 1.82) is 0 Å². The summed E-state index contributed by atoms with van der Waals surface area (Å²) in [5, 5.41) is 0. The number of carbonyl (C=O) groups excluding carboxylic acids is 1. The van der Waals surface area contributed by atoms with E-state index < -0.39 is 0 Å². The second kappa shape index (κ2) is 6.10. The summed E-state index contributed by atoms with van der Waals surface area (Å²) in [6.07, 6.45) is 5.17. The van der Waals surface area contributed by atoms with Crippen LogP contribution in [0.3, 0.4) is 0 Å². The summed E-state index contributed by atoms with van der Waals surface area (Å²) in [6.45, 7) is 0. The first-order chi connectivity index (χ1) is 8.29. The van der Waals surface area contributed by atoms with Crippen molar-refractivity contribution in [2.75, 3.05) is 12.9 Å². The third kappa shape index (κ3) is 3.50. The average molecular weight is 250 g/mol. The summed E-state index contributed by atoms with van der Waals surface area (Å²) >= 11 is 1.83. The van der Waals surface area contributed by atoms with Gasteiger partial charge in [-0.15, -0.1) is 11.8 Å². The molecule has 2 rings (SSSR count). The normalized spacial score (nSPS) is 13.5. The van der Waals surface area contributed by atoms with E-state index in [1.54, 1.807) is 0 Å². The van der Waals surface area contributed by atoms with Crippen molar-refractivity contribution < 1.29 is 9.53 Å². The lowest BCUT2D eigenvalue weighted by Crippen LogP contribution is -1.99. The Kier molecular flexibility index (Phi) is 4.49. The number of hydrogen-bond donors (Lipinski definition) is 0. The van der Waals surface area contributed by atoms with Crippen LogP contribution in [0.2, 0.25) is 0 Å². The molecule has 1 aromatic rings. The summed E-state index contributed by atoms with van der Waals surface area (Å²) < 4.78 is 4.61. The molecule has 0 fully saturated rings. The molecule has 1 aromatic carbocycles. The Labute approximate surface area is 107 Å². The Morgan fingerprint density at radius 3 is 3.00 bits per heavy atom. The number of fused-ring (bicyclic) bond motifs is 1. The van der Waals surface area contributed by atoms with E-state index in [0.717, 1.165) is 12.2 Å². The topological polar surface area (TPSA) is 26.3 Å². The fraction of sp³-hybridized carbons (Fsp3) is 0.500. The zero-order valence-electron chi connectivity index (χ0n) is 10.2. The van der Waals surface area contributed by atoms with Gasteiger partial charge in [-0.25, -0.2) is 0 Å². The fourth-order valence-electron chi connectivity index (χ4n) is 2.15. The third-order valence-electron chi connectivity index (χ3n) is 3.09. The zero-order valence-corrected chi connectivity index (χ0v) is 11.0. The summed E-state index contributed by atoms with van der Waals surface area (Å²) in [4.78, 5) is 12.3. The Balaban J connectivity index is 1.78. The first-order valence-corrected chi connectivity index (χ1v) is 7.09. The van der Waals surface area contributed by atoms with E-state index in [4.69, 9.17) is 0 Å². The summed E-state index contributed by atoms with van der Waals surface area (Å²) in [7, 11) is 1.44. The van der Waals surface area contributed by atoms with Crippen LogP contribution in [0.4, 0.5) is 0 Å². The van der Waals surface area contributed by atoms with E-state index in [1.165, 1.54) is 42.4 Å². The molecule has 0 saturated carbocycles. The van der Waals surface area contributed by atoms with E-state index in [0.29, 0.717) is 6.42 Å². The summed E-state index contributed by atoms with van der Waals surface area (Å²) in [5.74, 6) is 0.869. The SMILES string of the molecule is COC(=O)CCCSc1ccc2c(c1)CCC2. The van der Waals surface area contributed by atoms with Crippen molar-refractivity contribution in [3.05, 3.63) is 29.3 Å². The van der Waals surface area contributed by atoms with E-state index in [9.17, 15) is 4.79 Å². The van der Waals surface area contributed by atoms with Gasteiger partial charge in [0, 0.05) is 11.3 Å². The van der Waals surface area contributed by atoms with Crippen LogP contribution in [0.15, 0.2) is 23.1 Å². The fourth-order valence-corrected chi connectivity index (χ4v) is 3.06. The Bertz CT molecular complexity index is 401. The molecule has 1 aliphatic rings. The van der Waals surface area contributed by atoms with Gasteiger partial charge in [0.25, 0.3) is 0 Å². The average Bonchev–Trinajstić information content (AvgIpc) is 2.81. The van der Waals surface area contributed by atoms with Crippen molar-refractivity contribution in [3.8, 4) is 0 Å². The number of esters is 1. The molecule has 0 aliphatic heterocycles. The maximum atomic E-state index is 10.9. The van der Waals surface area contributed by atoms with Crippen LogP contribution in [0.1, 0.15) is 30.4 Å². The Morgan fingerprint density at radius 1 is 1.35 bits per heavy atom. The quantitative estimate of drug-likeness (QED) is 0.456. The van der Waals surface area contributed by atoms with Crippen LogP contribution in [0.25, 0.3) is 0 Å². The van der Waals surface area contributed by atoms with E-state index in [2.05, 4.69) is 22.9 Å². The number of benzene rings is 1. The second-order valence-corrected chi connectivity index (χ2v) is 5.48. The highest BCUT2D eigenvalue weighted by Gasteiger charge is 2.10. The third-order valence-corrected chi connectivity index (χ3v) is 4.17. The van der Waals surface area contributed by atoms with Crippen LogP contribution in [-0.2, 0) is 22.4 Å². The van der Waals surface area contributed by atoms with Crippen LogP contribution in [-0.4, -0.2) is 18.8 Å². The molecule has 0 bridgehead atoms. The maximum Gasteiger partial charge on any atom is 0.305 e. The summed E-state index contributed by atoms with van der Waals surface area (Å²) in [6, 6.07) is 6.77. The highest BCUT2D eigenvalue weighted by molar-refractivity contribution is 7.99. The molecule has 0 heterocycles. The molecule has 2 nitrogen and oxygen atoms in total. The summed E-state index contributed by atoms with van der Waals surface area (Å²) in [5.41, 5.74) is 3.03. The van der Waals surface area contributed by atoms with Crippen LogP contribution >= 0.6 is 11.8 Å². The van der Waals surface area contributed by atoms with Crippen molar-refractivity contribution in [3.63, 3.8) is 0 Å². The van der Waals surface area contributed by atoms with Gasteiger partial charge in [-0.3, -0.25) is 4.79 Å². The van der Waals surface area contributed by atoms with Gasteiger partial charge in [-0.2, -0.15) is 0 Å². The molecule has 0 atom stereocenters. The predicted octanol–water partition coefficient (Wildman–Crippen LogP) is 3.22. The van der Waals surface area contributed by atoms with Gasteiger partial charge < -0.3 is 4.74 Å². The molecule has 92 valence electrons. The molecule has 0 N–H and O–H groups in total. The largest absolute Gasteiger partial charge is 0.469 e. The van der Waals surface area contributed by atoms with Crippen LogP contribution in [0.5, 0.6) is 0 Å². The molecule has 0 spiro atoms. The number of carbonyl (C=O) groups is 1. The second-order valence-electron chi connectivity index (χ2n) is 4.31. The van der Waals surface area contributed by atoms with Crippen molar-refractivity contribution in [2.24, 2.45) is 0 Å². The monoisotopic (exact) mass is 250 g/mol. The minimum absolute atomic E-state index is 0.112. The highest BCUT2D eigenvalue weighted by Crippen LogP contribution is 2.27. The van der Waals surface area contributed by atoms with Gasteiger partial charge in [0.15, 0.2) is 0 Å². The van der Waals surface area contributed by atoms with Gasteiger partial charge in [0.1, 0.15) is 0 Å². The Hall–Kier alpha value is -0.960. The van der Waals surface area contributed by atoms with Crippen molar-refractivity contribution in [1.82, 2.24) is 0 Å². The van der Waals surface area contributed by atoms with E-state index in [1.807, 2.05) is 11.8 Å². The molecule has 1 aliphatic carbocycles.